The lowest BCUT2D eigenvalue weighted by Gasteiger charge is -1.99. The van der Waals surface area contributed by atoms with Crippen molar-refractivity contribution < 1.29 is 13.2 Å². The summed E-state index contributed by atoms with van der Waals surface area (Å²) in [7, 11) is 1.50. The van der Waals surface area contributed by atoms with Gasteiger partial charge >= 0.3 is 6.03 Å². The molecule has 0 radical (unpaired) electrons. The van der Waals surface area contributed by atoms with Gasteiger partial charge in [-0.3, -0.25) is 0 Å². The summed E-state index contributed by atoms with van der Waals surface area (Å²) in [6.07, 6.45) is 4.67. The summed E-state index contributed by atoms with van der Waals surface area (Å²) >= 11 is 0. The second-order valence-corrected chi connectivity index (χ2v) is 6.67. The average Bonchev–Trinajstić information content (AvgIpc) is 2.39. The van der Waals surface area contributed by atoms with Gasteiger partial charge in [-0.25, -0.2) is 13.2 Å². The Balaban J connectivity index is 0.000000361. The first-order valence-corrected chi connectivity index (χ1v) is 8.72. The van der Waals surface area contributed by atoms with Crippen molar-refractivity contribution in [2.24, 2.45) is 5.73 Å². The molecule has 0 saturated heterocycles. The number of rotatable bonds is 6. The Morgan fingerprint density at radius 3 is 2.20 bits per heavy atom. The van der Waals surface area contributed by atoms with Crippen LogP contribution in [0.4, 0.5) is 4.79 Å². The van der Waals surface area contributed by atoms with Crippen LogP contribution in [0.2, 0.25) is 0 Å². The first-order valence-electron chi connectivity index (χ1n) is 6.41. The third kappa shape index (κ3) is 10.6. The van der Waals surface area contributed by atoms with Crippen LogP contribution in [0.1, 0.15) is 32.6 Å². The zero-order valence-electron chi connectivity index (χ0n) is 11.5. The van der Waals surface area contributed by atoms with Crippen molar-refractivity contribution in [2.75, 3.05) is 6.54 Å². The molecule has 0 spiro atoms. The van der Waals surface area contributed by atoms with Crippen LogP contribution in [-0.2, 0) is 9.05 Å². The molecule has 20 heavy (non-hydrogen) atoms. The highest BCUT2D eigenvalue weighted by molar-refractivity contribution is 8.13. The predicted molar refractivity (Wildman–Crippen MR) is 81.2 cm³/mol. The molecule has 3 N–H and O–H groups in total. The Bertz CT molecular complexity index is 478. The molecule has 0 bridgehead atoms. The zero-order valence-corrected chi connectivity index (χ0v) is 13.1. The Morgan fingerprint density at radius 2 is 1.80 bits per heavy atom. The van der Waals surface area contributed by atoms with Crippen LogP contribution >= 0.6 is 10.7 Å². The van der Waals surface area contributed by atoms with Gasteiger partial charge in [0.25, 0.3) is 9.05 Å². The van der Waals surface area contributed by atoms with E-state index in [1.807, 2.05) is 0 Å². The number of carbonyl (C=O) groups excluding carboxylic acids is 1. The zero-order chi connectivity index (χ0) is 15.4. The summed E-state index contributed by atoms with van der Waals surface area (Å²) < 4.78 is 21.2. The van der Waals surface area contributed by atoms with E-state index >= 15 is 0 Å². The van der Waals surface area contributed by atoms with E-state index in [-0.39, 0.29) is 4.90 Å². The lowest BCUT2D eigenvalue weighted by atomic mass is 10.2. The first-order chi connectivity index (χ1) is 9.38. The Hall–Kier alpha value is -1.27. The van der Waals surface area contributed by atoms with Crippen molar-refractivity contribution in [3.8, 4) is 0 Å². The number of unbranched alkanes of at least 4 members (excludes halogenated alkanes) is 3. The molecule has 7 heteroatoms. The van der Waals surface area contributed by atoms with Crippen molar-refractivity contribution in [1.29, 1.82) is 0 Å². The number of hydrogen-bond donors (Lipinski definition) is 2. The fourth-order valence-electron chi connectivity index (χ4n) is 1.35. The summed E-state index contributed by atoms with van der Waals surface area (Å²) in [6, 6.07) is 7.44. The maximum atomic E-state index is 10.6. The molecule has 0 atom stereocenters. The minimum absolute atomic E-state index is 0.136. The van der Waals surface area contributed by atoms with Gasteiger partial charge in [-0.15, -0.1) is 0 Å². The van der Waals surface area contributed by atoms with E-state index in [4.69, 9.17) is 16.4 Å². The molecule has 0 aromatic heterocycles. The van der Waals surface area contributed by atoms with Crippen LogP contribution in [0.25, 0.3) is 0 Å². The lowest BCUT2D eigenvalue weighted by molar-refractivity contribution is 0.248. The smallest absolute Gasteiger partial charge is 0.312 e. The quantitative estimate of drug-likeness (QED) is 0.624. The minimum Gasteiger partial charge on any atom is -0.352 e. The van der Waals surface area contributed by atoms with Crippen LogP contribution in [0.3, 0.4) is 0 Å². The molecular weight excluding hydrogens is 300 g/mol. The van der Waals surface area contributed by atoms with Crippen LogP contribution in [-0.4, -0.2) is 21.0 Å². The minimum atomic E-state index is -3.53. The predicted octanol–water partition coefficient (Wildman–Crippen LogP) is 2.85. The van der Waals surface area contributed by atoms with E-state index in [2.05, 4.69) is 12.2 Å². The summed E-state index contributed by atoms with van der Waals surface area (Å²) in [5.74, 6) is 0. The van der Waals surface area contributed by atoms with E-state index in [1.54, 1.807) is 18.2 Å². The highest BCUT2D eigenvalue weighted by atomic mass is 35.7. The van der Waals surface area contributed by atoms with Crippen molar-refractivity contribution >= 4 is 25.8 Å². The summed E-state index contributed by atoms with van der Waals surface area (Å²) in [5.41, 5.74) is 4.86. The molecular formula is C13H21ClN2O3S. The molecule has 0 fully saturated rings. The van der Waals surface area contributed by atoms with Crippen LogP contribution in [0, 0.1) is 0 Å². The van der Waals surface area contributed by atoms with Crippen molar-refractivity contribution in [1.82, 2.24) is 5.32 Å². The van der Waals surface area contributed by atoms with E-state index < -0.39 is 15.1 Å². The number of nitrogens with two attached hydrogens (primary N) is 1. The molecule has 2 amide bonds. The molecule has 0 aliphatic heterocycles. The molecule has 114 valence electrons. The Kier molecular flexibility index (Phi) is 9.84. The van der Waals surface area contributed by atoms with Crippen molar-refractivity contribution in [2.45, 2.75) is 37.5 Å². The molecule has 0 heterocycles. The largest absolute Gasteiger partial charge is 0.352 e. The van der Waals surface area contributed by atoms with E-state index in [0.717, 1.165) is 13.0 Å². The van der Waals surface area contributed by atoms with E-state index in [0.29, 0.717) is 0 Å². The lowest BCUT2D eigenvalue weighted by Crippen LogP contribution is -2.29. The number of urea groups is 1. The molecule has 0 aliphatic rings. The molecule has 5 nitrogen and oxygen atoms in total. The number of nitrogens with one attached hydrogen (secondary N) is 1. The number of hydrogen-bond acceptors (Lipinski definition) is 3. The standard InChI is InChI=1S/C7H16N2O.C6H5ClO2S/c1-2-3-4-5-6-9-7(8)10;7-10(8,9)6-4-2-1-3-5-6/h2-6H2,1H3,(H3,8,9,10);1-5H. The fraction of sp³-hybridized carbons (Fsp3) is 0.462. The average molecular weight is 321 g/mol. The van der Waals surface area contributed by atoms with E-state index in [9.17, 15) is 13.2 Å². The Labute approximate surface area is 124 Å². The van der Waals surface area contributed by atoms with E-state index in [1.165, 1.54) is 31.4 Å². The summed E-state index contributed by atoms with van der Waals surface area (Å²) in [6.45, 7) is 2.87. The Morgan fingerprint density at radius 1 is 1.20 bits per heavy atom. The summed E-state index contributed by atoms with van der Waals surface area (Å²) in [5, 5.41) is 2.54. The monoisotopic (exact) mass is 320 g/mol. The maximum Gasteiger partial charge on any atom is 0.312 e. The second kappa shape index (κ2) is 10.5. The molecule has 0 saturated carbocycles. The van der Waals surface area contributed by atoms with Crippen LogP contribution in [0.15, 0.2) is 35.2 Å². The van der Waals surface area contributed by atoms with Gasteiger partial charge in [0, 0.05) is 17.2 Å². The van der Waals surface area contributed by atoms with Gasteiger partial charge in [-0.2, -0.15) is 0 Å². The fourth-order valence-corrected chi connectivity index (χ4v) is 2.14. The molecule has 0 unspecified atom stereocenters. The third-order valence-corrected chi connectivity index (χ3v) is 3.72. The van der Waals surface area contributed by atoms with Crippen molar-refractivity contribution in [3.05, 3.63) is 30.3 Å². The van der Waals surface area contributed by atoms with Gasteiger partial charge in [-0.05, 0) is 18.6 Å². The highest BCUT2D eigenvalue weighted by Gasteiger charge is 2.06. The first kappa shape index (κ1) is 18.7. The van der Waals surface area contributed by atoms with Gasteiger partial charge in [0.15, 0.2) is 0 Å². The number of primary amides is 1. The van der Waals surface area contributed by atoms with Crippen molar-refractivity contribution in [3.63, 3.8) is 0 Å². The maximum absolute atomic E-state index is 10.6. The van der Waals surface area contributed by atoms with Gasteiger partial charge < -0.3 is 11.1 Å². The second-order valence-electron chi connectivity index (χ2n) is 4.10. The van der Waals surface area contributed by atoms with Crippen LogP contribution < -0.4 is 11.1 Å². The molecule has 1 aromatic rings. The number of carbonyl (C=O) groups is 1. The van der Waals surface area contributed by atoms with Gasteiger partial charge in [0.2, 0.25) is 0 Å². The molecule has 1 rings (SSSR count). The normalized spacial score (nSPS) is 10.3. The van der Waals surface area contributed by atoms with Gasteiger partial charge in [0.05, 0.1) is 4.90 Å². The van der Waals surface area contributed by atoms with Gasteiger partial charge in [-0.1, -0.05) is 44.4 Å². The summed E-state index contributed by atoms with van der Waals surface area (Å²) in [4.78, 5) is 10.3. The topological polar surface area (TPSA) is 89.3 Å². The highest BCUT2D eigenvalue weighted by Crippen LogP contribution is 2.12. The van der Waals surface area contributed by atoms with Crippen LogP contribution in [0.5, 0.6) is 0 Å². The number of halogens is 1. The molecule has 1 aromatic carbocycles. The molecule has 0 aliphatic carbocycles. The number of benzene rings is 1. The van der Waals surface area contributed by atoms with Gasteiger partial charge in [0.1, 0.15) is 0 Å². The number of amides is 2. The third-order valence-electron chi connectivity index (χ3n) is 2.35. The SMILES string of the molecule is CCCCCCNC(N)=O.O=S(=O)(Cl)c1ccccc1.